The van der Waals surface area contributed by atoms with E-state index in [1.807, 2.05) is 0 Å². The van der Waals surface area contributed by atoms with Crippen LogP contribution in [0.5, 0.6) is 0 Å². The SMILES string of the molecule is CCCN1CC(C(C)CC)NCC1CC(C)C. The molecule has 17 heavy (non-hydrogen) atoms. The minimum absolute atomic E-state index is 0.704. The molecule has 1 saturated heterocycles. The van der Waals surface area contributed by atoms with Gasteiger partial charge < -0.3 is 5.32 Å². The zero-order valence-corrected chi connectivity index (χ0v) is 12.5. The summed E-state index contributed by atoms with van der Waals surface area (Å²) in [5.74, 6) is 1.61. The molecule has 0 aromatic heterocycles. The fourth-order valence-corrected chi connectivity index (χ4v) is 2.89. The molecular formula is C15H32N2. The number of rotatable bonds is 6. The van der Waals surface area contributed by atoms with E-state index >= 15 is 0 Å². The first-order chi connectivity index (χ1) is 8.08. The van der Waals surface area contributed by atoms with Crippen LogP contribution >= 0.6 is 0 Å². The molecule has 3 unspecified atom stereocenters. The number of nitrogens with zero attached hydrogens (tertiary/aromatic N) is 1. The predicted octanol–water partition coefficient (Wildman–Crippen LogP) is 3.13. The molecule has 0 bridgehead atoms. The Morgan fingerprint density at radius 3 is 2.47 bits per heavy atom. The first-order valence-electron chi connectivity index (χ1n) is 7.55. The molecule has 3 atom stereocenters. The Bertz CT molecular complexity index is 203. The Hall–Kier alpha value is -0.0800. The van der Waals surface area contributed by atoms with Crippen LogP contribution in [0.15, 0.2) is 0 Å². The van der Waals surface area contributed by atoms with Gasteiger partial charge in [-0.2, -0.15) is 0 Å². The third-order valence-corrected chi connectivity index (χ3v) is 4.15. The first-order valence-corrected chi connectivity index (χ1v) is 7.55. The topological polar surface area (TPSA) is 15.3 Å². The third kappa shape index (κ3) is 4.59. The number of nitrogens with one attached hydrogen (secondary N) is 1. The summed E-state index contributed by atoms with van der Waals surface area (Å²) in [5, 5.41) is 3.77. The quantitative estimate of drug-likeness (QED) is 0.767. The molecule has 1 rings (SSSR count). The van der Waals surface area contributed by atoms with E-state index in [1.165, 1.54) is 38.9 Å². The van der Waals surface area contributed by atoms with Gasteiger partial charge in [0.05, 0.1) is 0 Å². The van der Waals surface area contributed by atoms with Gasteiger partial charge in [-0.15, -0.1) is 0 Å². The second-order valence-corrected chi connectivity index (χ2v) is 6.18. The van der Waals surface area contributed by atoms with Crippen molar-refractivity contribution in [2.24, 2.45) is 11.8 Å². The first kappa shape index (κ1) is 15.0. The molecule has 0 saturated carbocycles. The van der Waals surface area contributed by atoms with Crippen LogP contribution in [-0.4, -0.2) is 36.6 Å². The van der Waals surface area contributed by atoms with Gasteiger partial charge >= 0.3 is 0 Å². The van der Waals surface area contributed by atoms with Crippen molar-refractivity contribution in [3.63, 3.8) is 0 Å². The summed E-state index contributed by atoms with van der Waals surface area (Å²) in [5.41, 5.74) is 0. The molecule has 1 aliphatic rings. The Morgan fingerprint density at radius 2 is 1.94 bits per heavy atom. The van der Waals surface area contributed by atoms with Crippen molar-refractivity contribution >= 4 is 0 Å². The number of piperazine rings is 1. The summed E-state index contributed by atoms with van der Waals surface area (Å²) in [6.45, 7) is 15.4. The second-order valence-electron chi connectivity index (χ2n) is 6.18. The minimum atomic E-state index is 0.704. The van der Waals surface area contributed by atoms with Gasteiger partial charge in [0.15, 0.2) is 0 Å². The summed E-state index contributed by atoms with van der Waals surface area (Å²) < 4.78 is 0. The normalized spacial score (nSPS) is 28.6. The highest BCUT2D eigenvalue weighted by atomic mass is 15.2. The smallest absolute Gasteiger partial charge is 0.0223 e. The van der Waals surface area contributed by atoms with Gasteiger partial charge in [0.25, 0.3) is 0 Å². The standard InChI is InChI=1S/C15H32N2/c1-6-8-17-11-15(13(5)7-2)16-10-14(17)9-12(3)4/h12-16H,6-11H2,1-5H3. The fraction of sp³-hybridized carbons (Fsp3) is 1.00. The molecule has 2 heteroatoms. The monoisotopic (exact) mass is 240 g/mol. The van der Waals surface area contributed by atoms with E-state index in [-0.39, 0.29) is 0 Å². The molecule has 2 nitrogen and oxygen atoms in total. The van der Waals surface area contributed by atoms with Gasteiger partial charge in [-0.1, -0.05) is 41.0 Å². The van der Waals surface area contributed by atoms with Gasteiger partial charge in [0.2, 0.25) is 0 Å². The molecular weight excluding hydrogens is 208 g/mol. The van der Waals surface area contributed by atoms with E-state index in [0.29, 0.717) is 6.04 Å². The molecule has 0 spiro atoms. The van der Waals surface area contributed by atoms with Crippen molar-refractivity contribution in [1.29, 1.82) is 0 Å². The van der Waals surface area contributed by atoms with Crippen LogP contribution in [0, 0.1) is 11.8 Å². The highest BCUT2D eigenvalue weighted by molar-refractivity contribution is 4.88. The molecule has 1 heterocycles. The molecule has 1 N–H and O–H groups in total. The van der Waals surface area contributed by atoms with Crippen molar-refractivity contribution in [2.75, 3.05) is 19.6 Å². The lowest BCUT2D eigenvalue weighted by Crippen LogP contribution is -2.58. The lowest BCUT2D eigenvalue weighted by Gasteiger charge is -2.43. The highest BCUT2D eigenvalue weighted by Gasteiger charge is 2.29. The second kappa shape index (κ2) is 7.38. The zero-order valence-electron chi connectivity index (χ0n) is 12.5. The molecule has 0 aromatic rings. The average molecular weight is 240 g/mol. The largest absolute Gasteiger partial charge is 0.311 e. The Morgan fingerprint density at radius 1 is 1.24 bits per heavy atom. The molecule has 0 amide bonds. The molecule has 0 radical (unpaired) electrons. The van der Waals surface area contributed by atoms with Crippen molar-refractivity contribution in [1.82, 2.24) is 10.2 Å². The van der Waals surface area contributed by atoms with Crippen LogP contribution in [0.3, 0.4) is 0 Å². The lowest BCUT2D eigenvalue weighted by molar-refractivity contribution is 0.0958. The zero-order chi connectivity index (χ0) is 12.8. The van der Waals surface area contributed by atoms with Crippen LogP contribution < -0.4 is 5.32 Å². The van der Waals surface area contributed by atoms with E-state index in [0.717, 1.165) is 17.9 Å². The minimum Gasteiger partial charge on any atom is -0.311 e. The fourth-order valence-electron chi connectivity index (χ4n) is 2.89. The van der Waals surface area contributed by atoms with Crippen LogP contribution in [0.25, 0.3) is 0 Å². The summed E-state index contributed by atoms with van der Waals surface area (Å²) in [4.78, 5) is 2.73. The van der Waals surface area contributed by atoms with E-state index in [2.05, 4.69) is 44.8 Å². The molecule has 0 aliphatic carbocycles. The Labute approximate surface area is 108 Å². The van der Waals surface area contributed by atoms with Crippen molar-refractivity contribution in [3.8, 4) is 0 Å². The van der Waals surface area contributed by atoms with Crippen LogP contribution in [0.1, 0.15) is 53.9 Å². The van der Waals surface area contributed by atoms with Crippen molar-refractivity contribution in [2.45, 2.75) is 66.0 Å². The summed E-state index contributed by atoms with van der Waals surface area (Å²) >= 11 is 0. The summed E-state index contributed by atoms with van der Waals surface area (Å²) in [7, 11) is 0. The molecule has 1 fully saturated rings. The lowest BCUT2D eigenvalue weighted by atomic mass is 9.92. The maximum atomic E-state index is 3.77. The van der Waals surface area contributed by atoms with Crippen LogP contribution in [-0.2, 0) is 0 Å². The van der Waals surface area contributed by atoms with E-state index in [9.17, 15) is 0 Å². The average Bonchev–Trinajstić information content (AvgIpc) is 2.30. The maximum Gasteiger partial charge on any atom is 0.0223 e. The van der Waals surface area contributed by atoms with E-state index in [4.69, 9.17) is 0 Å². The molecule has 102 valence electrons. The Balaban J connectivity index is 2.54. The molecule has 1 aliphatic heterocycles. The highest BCUT2D eigenvalue weighted by Crippen LogP contribution is 2.19. The molecule has 0 aromatic carbocycles. The van der Waals surface area contributed by atoms with E-state index < -0.39 is 0 Å². The third-order valence-electron chi connectivity index (χ3n) is 4.15. The number of hydrogen-bond donors (Lipinski definition) is 1. The van der Waals surface area contributed by atoms with E-state index in [1.54, 1.807) is 0 Å². The van der Waals surface area contributed by atoms with Gasteiger partial charge in [-0.25, -0.2) is 0 Å². The summed E-state index contributed by atoms with van der Waals surface area (Å²) in [6.07, 6.45) is 3.90. The maximum absolute atomic E-state index is 3.77. The van der Waals surface area contributed by atoms with Gasteiger partial charge in [-0.05, 0) is 31.2 Å². The Kier molecular flexibility index (Phi) is 6.50. The predicted molar refractivity (Wildman–Crippen MR) is 76.4 cm³/mol. The van der Waals surface area contributed by atoms with Crippen molar-refractivity contribution < 1.29 is 0 Å². The number of hydrogen-bond acceptors (Lipinski definition) is 2. The summed E-state index contributed by atoms with van der Waals surface area (Å²) in [6, 6.07) is 1.46. The van der Waals surface area contributed by atoms with Crippen LogP contribution in [0.2, 0.25) is 0 Å². The van der Waals surface area contributed by atoms with Gasteiger partial charge in [-0.3, -0.25) is 4.90 Å². The van der Waals surface area contributed by atoms with Gasteiger partial charge in [0, 0.05) is 25.2 Å². The van der Waals surface area contributed by atoms with Crippen LogP contribution in [0.4, 0.5) is 0 Å². The van der Waals surface area contributed by atoms with Gasteiger partial charge in [0.1, 0.15) is 0 Å². The van der Waals surface area contributed by atoms with Crippen molar-refractivity contribution in [3.05, 3.63) is 0 Å².